The van der Waals surface area contributed by atoms with E-state index in [-0.39, 0.29) is 0 Å². The largest absolute Gasteiger partial charge is 0.344 e. The van der Waals surface area contributed by atoms with E-state index in [4.69, 9.17) is 18.8 Å². The van der Waals surface area contributed by atoms with Crippen LogP contribution in [-0.4, -0.2) is 19.9 Å². The van der Waals surface area contributed by atoms with Crippen LogP contribution < -0.4 is 0 Å². The monoisotopic (exact) mass is 485 g/mol. The van der Waals surface area contributed by atoms with E-state index >= 15 is 0 Å². The van der Waals surface area contributed by atoms with E-state index < -0.39 is 16.5 Å². The van der Waals surface area contributed by atoms with Crippen LogP contribution >= 0.6 is 18.8 Å². The fourth-order valence-corrected chi connectivity index (χ4v) is 2.28. The first-order chi connectivity index (χ1) is 9.86. The maximum atomic E-state index is 4.88. The number of hydrogen-bond donors (Lipinski definition) is 1. The Kier molecular flexibility index (Phi) is 4.15. The van der Waals surface area contributed by atoms with Crippen molar-refractivity contribution in [2.75, 3.05) is 0 Å². The molecule has 4 aromatic rings. The summed E-state index contributed by atoms with van der Waals surface area (Å²) in [6.45, 7) is 0. The number of hydrogen-bond acceptors (Lipinski definition) is 3. The van der Waals surface area contributed by atoms with Crippen LogP contribution in [0, 0.1) is 0 Å². The zero-order chi connectivity index (χ0) is 13.9. The standard InChI is InChI=1S/C13H8N4.2ClH.Pt/c1-3-8-10(14-5-1)11-9(4-2-6-15-11)13-12(8)16-7-17-13;;;/h1-7H,(H,16,17);2*1H;/q;;;+2/p-2. The number of halogens is 2. The Morgan fingerprint density at radius 3 is 2.15 bits per heavy atom. The van der Waals surface area contributed by atoms with E-state index in [2.05, 4.69) is 19.9 Å². The van der Waals surface area contributed by atoms with Crippen molar-refractivity contribution in [1.82, 2.24) is 19.9 Å². The number of fused-ring (bicyclic) bond motifs is 6. The number of imidazole rings is 1. The molecular weight excluding hydrogens is 478 g/mol. The Balaban J connectivity index is 0.000000373. The summed E-state index contributed by atoms with van der Waals surface area (Å²) in [5.74, 6) is 0. The van der Waals surface area contributed by atoms with Gasteiger partial charge in [0.25, 0.3) is 0 Å². The van der Waals surface area contributed by atoms with E-state index in [0.29, 0.717) is 0 Å². The maximum absolute atomic E-state index is 4.88. The normalized spacial score (nSPS) is 10.9. The van der Waals surface area contributed by atoms with Gasteiger partial charge in [0.2, 0.25) is 0 Å². The fourth-order valence-electron chi connectivity index (χ4n) is 2.28. The summed E-state index contributed by atoms with van der Waals surface area (Å²) in [5.41, 5.74) is 3.80. The Hall–Kier alpha value is -1.22. The van der Waals surface area contributed by atoms with Crippen molar-refractivity contribution >= 4 is 51.7 Å². The number of nitrogens with zero attached hydrogens (tertiary/aromatic N) is 3. The first-order valence-electron chi connectivity index (χ1n) is 5.63. The molecule has 1 N–H and O–H groups in total. The topological polar surface area (TPSA) is 54.5 Å². The number of aromatic nitrogens is 4. The van der Waals surface area contributed by atoms with E-state index in [9.17, 15) is 0 Å². The predicted octanol–water partition coefficient (Wildman–Crippen LogP) is 4.04. The van der Waals surface area contributed by atoms with E-state index in [1.54, 1.807) is 18.7 Å². The third-order valence-electron chi connectivity index (χ3n) is 3.00. The van der Waals surface area contributed by atoms with Crippen molar-refractivity contribution in [3.05, 3.63) is 43.0 Å². The molecule has 0 atom stereocenters. The van der Waals surface area contributed by atoms with Crippen LogP contribution in [0.25, 0.3) is 32.8 Å². The van der Waals surface area contributed by atoms with Crippen LogP contribution in [0.1, 0.15) is 0 Å². The van der Waals surface area contributed by atoms with Gasteiger partial charge in [0.1, 0.15) is 0 Å². The molecule has 0 spiro atoms. The minimum absolute atomic E-state index is 0.472. The molecule has 0 aliphatic rings. The molecule has 0 aliphatic carbocycles. The van der Waals surface area contributed by atoms with Gasteiger partial charge in [-0.1, -0.05) is 0 Å². The van der Waals surface area contributed by atoms with Gasteiger partial charge in [-0.2, -0.15) is 0 Å². The first kappa shape index (κ1) is 13.7. The zero-order valence-electron chi connectivity index (χ0n) is 9.96. The van der Waals surface area contributed by atoms with Gasteiger partial charge in [0, 0.05) is 23.2 Å². The second kappa shape index (κ2) is 6.04. The Bertz CT molecular complexity index is 808. The average Bonchev–Trinajstić information content (AvgIpc) is 2.98. The van der Waals surface area contributed by atoms with Crippen molar-refractivity contribution in [3.8, 4) is 0 Å². The van der Waals surface area contributed by atoms with Crippen molar-refractivity contribution in [3.63, 3.8) is 0 Å². The molecule has 0 aliphatic heterocycles. The molecule has 20 heavy (non-hydrogen) atoms. The van der Waals surface area contributed by atoms with Crippen LogP contribution in [0.3, 0.4) is 0 Å². The quantitative estimate of drug-likeness (QED) is 0.382. The molecule has 1 aromatic carbocycles. The van der Waals surface area contributed by atoms with Gasteiger partial charge in [-0.25, -0.2) is 4.98 Å². The maximum Gasteiger partial charge on any atom is 0.0987 e. The van der Waals surface area contributed by atoms with Crippen molar-refractivity contribution in [2.45, 2.75) is 0 Å². The van der Waals surface area contributed by atoms with E-state index in [1.807, 2.05) is 24.3 Å². The molecule has 0 saturated carbocycles. The van der Waals surface area contributed by atoms with Crippen LogP contribution in [0.2, 0.25) is 0 Å². The summed E-state index contributed by atoms with van der Waals surface area (Å²) >= 11 is -0.472. The van der Waals surface area contributed by atoms with Gasteiger partial charge in [-0.15, -0.1) is 0 Å². The van der Waals surface area contributed by atoms with Crippen molar-refractivity contribution < 1.29 is 16.5 Å². The van der Waals surface area contributed by atoms with Gasteiger partial charge in [-0.05, 0) is 24.3 Å². The van der Waals surface area contributed by atoms with Gasteiger partial charge in [-0.3, -0.25) is 9.97 Å². The number of pyridine rings is 2. The summed E-state index contributed by atoms with van der Waals surface area (Å²) in [4.78, 5) is 16.4. The third-order valence-corrected chi connectivity index (χ3v) is 3.00. The Morgan fingerprint density at radius 1 is 0.850 bits per heavy atom. The molecule has 3 aromatic heterocycles. The molecule has 4 rings (SSSR count). The third kappa shape index (κ3) is 2.28. The van der Waals surface area contributed by atoms with Gasteiger partial charge in [0.15, 0.2) is 0 Å². The number of rotatable bonds is 0. The zero-order valence-corrected chi connectivity index (χ0v) is 13.7. The van der Waals surface area contributed by atoms with E-state index in [1.165, 1.54) is 0 Å². The second-order valence-electron chi connectivity index (χ2n) is 3.97. The Labute approximate surface area is 130 Å². The minimum Gasteiger partial charge on any atom is -0.344 e. The first-order valence-corrected chi connectivity index (χ1v) is 11.3. The van der Waals surface area contributed by atoms with Gasteiger partial charge in [0.05, 0.1) is 28.4 Å². The molecule has 104 valence electrons. The summed E-state index contributed by atoms with van der Waals surface area (Å²) in [5, 5.41) is 2.10. The van der Waals surface area contributed by atoms with Crippen LogP contribution in [0.5, 0.6) is 0 Å². The van der Waals surface area contributed by atoms with E-state index in [0.717, 1.165) is 32.8 Å². The summed E-state index contributed by atoms with van der Waals surface area (Å²) in [6, 6.07) is 7.92. The molecule has 0 bridgehead atoms. The average molecular weight is 486 g/mol. The summed E-state index contributed by atoms with van der Waals surface area (Å²) in [7, 11) is 9.75. The minimum atomic E-state index is -0.472. The molecule has 4 nitrogen and oxygen atoms in total. The SMILES string of the molecule is [Cl][Pt][Cl].c1cnc2c(c1)c1nc[nH]c1c1cccnc12. The number of H-pyrrole nitrogens is 1. The summed E-state index contributed by atoms with van der Waals surface area (Å²) < 4.78 is 0. The molecule has 0 amide bonds. The van der Waals surface area contributed by atoms with Gasteiger partial charge < -0.3 is 4.98 Å². The Morgan fingerprint density at radius 2 is 1.45 bits per heavy atom. The molecule has 0 unspecified atom stereocenters. The fraction of sp³-hybridized carbons (Fsp3) is 0. The van der Waals surface area contributed by atoms with Crippen molar-refractivity contribution in [1.29, 1.82) is 0 Å². The molecule has 0 radical (unpaired) electrons. The molecule has 0 saturated heterocycles. The molecular formula is C13H8Cl2N4Pt. The smallest absolute Gasteiger partial charge is 0.0987 e. The van der Waals surface area contributed by atoms with Crippen LogP contribution in [-0.2, 0) is 16.5 Å². The number of nitrogens with one attached hydrogen (secondary N) is 1. The number of benzene rings is 1. The molecule has 0 fully saturated rings. The number of aromatic amines is 1. The van der Waals surface area contributed by atoms with Crippen LogP contribution in [0.15, 0.2) is 43.0 Å². The predicted molar refractivity (Wildman–Crippen MR) is 78.4 cm³/mol. The molecule has 3 heterocycles. The molecule has 7 heteroatoms. The van der Waals surface area contributed by atoms with Gasteiger partial charge >= 0.3 is 35.3 Å². The summed E-state index contributed by atoms with van der Waals surface area (Å²) in [6.07, 6.45) is 5.29. The van der Waals surface area contributed by atoms with Crippen molar-refractivity contribution in [2.24, 2.45) is 0 Å². The van der Waals surface area contributed by atoms with Crippen LogP contribution in [0.4, 0.5) is 0 Å². The second-order valence-corrected chi connectivity index (χ2v) is 7.25.